The van der Waals surface area contributed by atoms with E-state index in [0.717, 1.165) is 23.1 Å². The molecular formula is C22H29N3O4S. The Balaban J connectivity index is 1.95. The number of hydrogen-bond donors (Lipinski definition) is 3. The second kappa shape index (κ2) is 8.50. The number of piperidine rings is 1. The number of fused-ring (bicyclic) bond motifs is 1. The fraction of sp³-hybridized carbons (Fsp3) is 0.545. The average molecular weight is 432 g/mol. The summed E-state index contributed by atoms with van der Waals surface area (Å²) in [5.74, 6) is 5.10. The molecule has 1 aromatic carbocycles. The molecule has 1 heterocycles. The zero-order chi connectivity index (χ0) is 22.1. The minimum absolute atomic E-state index is 0.162. The van der Waals surface area contributed by atoms with Gasteiger partial charge in [0.2, 0.25) is 0 Å². The summed E-state index contributed by atoms with van der Waals surface area (Å²) >= 11 is -1.28. The van der Waals surface area contributed by atoms with E-state index in [1.807, 2.05) is 39.0 Å². The van der Waals surface area contributed by atoms with Crippen molar-refractivity contribution in [2.75, 3.05) is 20.1 Å². The van der Waals surface area contributed by atoms with Crippen LogP contribution in [0.5, 0.6) is 0 Å². The van der Waals surface area contributed by atoms with Crippen LogP contribution in [0.4, 0.5) is 4.79 Å². The Morgan fingerprint density at radius 1 is 1.30 bits per heavy atom. The molecule has 2 atom stereocenters. The summed E-state index contributed by atoms with van der Waals surface area (Å²) in [5.41, 5.74) is 2.74. The Kier molecular flexibility index (Phi) is 6.37. The van der Waals surface area contributed by atoms with Crippen LogP contribution in [0.25, 0.3) is 0 Å². The summed E-state index contributed by atoms with van der Waals surface area (Å²) in [6.45, 7) is 6.71. The third kappa shape index (κ3) is 4.59. The maximum absolute atomic E-state index is 13.0. The van der Waals surface area contributed by atoms with Gasteiger partial charge in [0, 0.05) is 48.4 Å². The zero-order valence-corrected chi connectivity index (χ0v) is 18.7. The Morgan fingerprint density at radius 3 is 2.53 bits per heavy atom. The minimum Gasteiger partial charge on any atom is -0.598 e. The van der Waals surface area contributed by atoms with Crippen LogP contribution in [0.3, 0.4) is 0 Å². The van der Waals surface area contributed by atoms with Crippen molar-refractivity contribution in [1.29, 1.82) is 0 Å². The third-order valence-corrected chi connectivity index (χ3v) is 7.53. The minimum atomic E-state index is -1.28. The number of amides is 2. The SMILES string of the molecule is CNC(=O)C#Cc1ccc2c(c1)[C@@H](N[S+]([O-])C(C)(C)C)C1(CCN(C(=O)O)CC1)C2. The van der Waals surface area contributed by atoms with Crippen molar-refractivity contribution < 1.29 is 19.2 Å². The lowest BCUT2D eigenvalue weighted by Crippen LogP contribution is -2.50. The van der Waals surface area contributed by atoms with Crippen LogP contribution in [0.2, 0.25) is 0 Å². The van der Waals surface area contributed by atoms with Gasteiger partial charge in [-0.2, -0.15) is 0 Å². The van der Waals surface area contributed by atoms with Crippen LogP contribution in [-0.2, 0) is 22.6 Å². The summed E-state index contributed by atoms with van der Waals surface area (Å²) in [4.78, 5) is 24.3. The highest BCUT2D eigenvalue weighted by molar-refractivity contribution is 7.90. The smallest absolute Gasteiger partial charge is 0.407 e. The molecular weight excluding hydrogens is 402 g/mol. The van der Waals surface area contributed by atoms with Crippen molar-refractivity contribution in [1.82, 2.24) is 14.9 Å². The number of benzene rings is 1. The Hall–Kier alpha value is -2.21. The van der Waals surface area contributed by atoms with E-state index in [1.54, 1.807) is 0 Å². The molecule has 3 rings (SSSR count). The van der Waals surface area contributed by atoms with Crippen molar-refractivity contribution in [3.63, 3.8) is 0 Å². The molecule has 0 aromatic heterocycles. The highest BCUT2D eigenvalue weighted by Gasteiger charge is 2.50. The van der Waals surface area contributed by atoms with Gasteiger partial charge in [-0.25, -0.2) is 4.79 Å². The highest BCUT2D eigenvalue weighted by atomic mass is 32.2. The summed E-state index contributed by atoms with van der Waals surface area (Å²) in [5, 5.41) is 11.8. The van der Waals surface area contributed by atoms with E-state index in [1.165, 1.54) is 11.9 Å². The molecule has 30 heavy (non-hydrogen) atoms. The first-order valence-corrected chi connectivity index (χ1v) is 11.2. The first-order chi connectivity index (χ1) is 14.1. The van der Waals surface area contributed by atoms with E-state index >= 15 is 0 Å². The normalized spacial score (nSPS) is 20.8. The van der Waals surface area contributed by atoms with Crippen molar-refractivity contribution in [3.05, 3.63) is 34.9 Å². The van der Waals surface area contributed by atoms with Crippen molar-refractivity contribution in [2.45, 2.75) is 50.8 Å². The zero-order valence-electron chi connectivity index (χ0n) is 17.9. The van der Waals surface area contributed by atoms with E-state index in [-0.39, 0.29) is 17.4 Å². The number of rotatable bonds is 2. The molecule has 1 unspecified atom stereocenters. The Bertz CT molecular complexity index is 892. The molecule has 1 aromatic rings. The fourth-order valence-electron chi connectivity index (χ4n) is 4.19. The third-order valence-electron chi connectivity index (χ3n) is 5.97. The number of hydrogen-bond acceptors (Lipinski definition) is 4. The largest absolute Gasteiger partial charge is 0.598 e. The molecule has 7 nitrogen and oxygen atoms in total. The highest BCUT2D eigenvalue weighted by Crippen LogP contribution is 2.52. The molecule has 1 aliphatic carbocycles. The summed E-state index contributed by atoms with van der Waals surface area (Å²) < 4.78 is 15.9. The lowest BCUT2D eigenvalue weighted by Gasteiger charge is -2.43. The van der Waals surface area contributed by atoms with Gasteiger partial charge in [-0.1, -0.05) is 12.0 Å². The molecule has 0 bridgehead atoms. The van der Waals surface area contributed by atoms with Crippen molar-refractivity contribution in [2.24, 2.45) is 5.41 Å². The number of carbonyl (C=O) groups excluding carboxylic acids is 1. The monoisotopic (exact) mass is 431 g/mol. The van der Waals surface area contributed by atoms with E-state index in [2.05, 4.69) is 21.9 Å². The molecule has 1 fully saturated rings. The van der Waals surface area contributed by atoms with E-state index in [9.17, 15) is 19.2 Å². The second-order valence-corrected chi connectivity index (χ2v) is 11.0. The first kappa shape index (κ1) is 22.5. The van der Waals surface area contributed by atoms with Gasteiger partial charge in [-0.15, -0.1) is 4.72 Å². The number of carboxylic acid groups (broad SMARTS) is 1. The van der Waals surface area contributed by atoms with Gasteiger partial charge >= 0.3 is 6.09 Å². The van der Waals surface area contributed by atoms with Crippen LogP contribution in [0.15, 0.2) is 18.2 Å². The Morgan fingerprint density at radius 2 is 1.97 bits per heavy atom. The second-order valence-electron chi connectivity index (χ2n) is 8.98. The predicted octanol–water partition coefficient (Wildman–Crippen LogP) is 2.19. The average Bonchev–Trinajstić information content (AvgIpc) is 2.98. The Labute approximate surface area is 180 Å². The molecule has 1 saturated heterocycles. The molecule has 162 valence electrons. The van der Waals surface area contributed by atoms with Crippen LogP contribution < -0.4 is 10.0 Å². The van der Waals surface area contributed by atoms with Crippen molar-refractivity contribution >= 4 is 23.4 Å². The number of carbonyl (C=O) groups is 2. The lowest BCUT2D eigenvalue weighted by molar-refractivity contribution is -0.115. The van der Waals surface area contributed by atoms with E-state index in [4.69, 9.17) is 0 Å². The van der Waals surface area contributed by atoms with E-state index < -0.39 is 22.2 Å². The van der Waals surface area contributed by atoms with Gasteiger partial charge < -0.3 is 19.9 Å². The maximum atomic E-state index is 13.0. The topological polar surface area (TPSA) is 105 Å². The van der Waals surface area contributed by atoms with Crippen LogP contribution in [-0.4, -0.2) is 51.4 Å². The van der Waals surface area contributed by atoms with Gasteiger partial charge in [0.25, 0.3) is 5.91 Å². The predicted molar refractivity (Wildman–Crippen MR) is 116 cm³/mol. The molecule has 0 saturated carbocycles. The number of nitrogens with zero attached hydrogens (tertiary/aromatic N) is 1. The molecule has 2 amide bonds. The quantitative estimate of drug-likeness (QED) is 0.492. The summed E-state index contributed by atoms with van der Waals surface area (Å²) in [7, 11) is 1.54. The van der Waals surface area contributed by atoms with Crippen LogP contribution in [0.1, 0.15) is 56.3 Å². The molecule has 0 radical (unpaired) electrons. The van der Waals surface area contributed by atoms with Crippen LogP contribution in [0, 0.1) is 17.3 Å². The molecule has 1 aliphatic heterocycles. The summed E-state index contributed by atoms with van der Waals surface area (Å²) in [6.07, 6.45) is 1.31. The number of nitrogens with one attached hydrogen (secondary N) is 2. The van der Waals surface area contributed by atoms with Crippen LogP contribution >= 0.6 is 0 Å². The molecule has 2 aliphatic rings. The number of likely N-dealkylation sites (tertiary alicyclic amines) is 1. The lowest BCUT2D eigenvalue weighted by atomic mass is 9.73. The van der Waals surface area contributed by atoms with Gasteiger partial charge in [-0.05, 0) is 63.3 Å². The maximum Gasteiger partial charge on any atom is 0.407 e. The fourth-order valence-corrected chi connectivity index (χ4v) is 5.13. The summed E-state index contributed by atoms with van der Waals surface area (Å²) in [6, 6.07) is 5.74. The standard InChI is InChI=1S/C22H29N3O4S/c1-21(2,3)30(29)24-19-17-13-15(6-8-18(26)23-4)5-7-16(17)14-22(19)9-11-25(12-10-22)20(27)28/h5,7,13,19,24H,9-12,14H2,1-4H3,(H,23,26)(H,27,28)/t19-,30?/m1/s1. The molecule has 3 N–H and O–H groups in total. The van der Waals surface area contributed by atoms with E-state index in [0.29, 0.717) is 25.9 Å². The first-order valence-electron chi connectivity index (χ1n) is 10.1. The van der Waals surface area contributed by atoms with Gasteiger partial charge in [0.15, 0.2) is 0 Å². The van der Waals surface area contributed by atoms with Gasteiger partial charge in [0.1, 0.15) is 4.75 Å². The molecule has 8 heteroatoms. The van der Waals surface area contributed by atoms with Gasteiger partial charge in [0.05, 0.1) is 6.04 Å². The molecule has 1 spiro atoms. The van der Waals surface area contributed by atoms with Crippen molar-refractivity contribution in [3.8, 4) is 11.8 Å². The van der Waals surface area contributed by atoms with Gasteiger partial charge in [-0.3, -0.25) is 4.79 Å².